The van der Waals surface area contributed by atoms with Crippen molar-refractivity contribution in [3.63, 3.8) is 0 Å². The summed E-state index contributed by atoms with van der Waals surface area (Å²) in [5, 5.41) is 7.44. The highest BCUT2D eigenvalue weighted by Gasteiger charge is 2.31. The van der Waals surface area contributed by atoms with E-state index in [9.17, 15) is 4.79 Å². The number of imidazole rings is 1. The summed E-state index contributed by atoms with van der Waals surface area (Å²) in [6.45, 7) is 0.688. The van der Waals surface area contributed by atoms with E-state index < -0.39 is 0 Å². The Labute approximate surface area is 192 Å². The monoisotopic (exact) mass is 442 g/mol. The first kappa shape index (κ1) is 20.9. The van der Waals surface area contributed by atoms with Gasteiger partial charge in [0.15, 0.2) is 12.4 Å². The first-order chi connectivity index (χ1) is 16.3. The van der Waals surface area contributed by atoms with Crippen molar-refractivity contribution >= 4 is 5.91 Å². The second kappa shape index (κ2) is 9.68. The number of amides is 1. The predicted molar refractivity (Wildman–Crippen MR) is 123 cm³/mol. The van der Waals surface area contributed by atoms with Crippen molar-refractivity contribution in [3.05, 3.63) is 84.1 Å². The minimum atomic E-state index is -0.140. The van der Waals surface area contributed by atoms with E-state index in [1.54, 1.807) is 6.20 Å². The average Bonchev–Trinajstić information content (AvgIpc) is 3.54. The molecule has 8 heteroatoms. The number of carbonyl (C=O) groups is 1. The van der Waals surface area contributed by atoms with Crippen molar-refractivity contribution in [2.45, 2.75) is 31.7 Å². The molecular formula is C25H26N6O2. The maximum absolute atomic E-state index is 12.9. The number of rotatable bonds is 7. The number of nitrogens with one attached hydrogen (secondary N) is 2. The van der Waals surface area contributed by atoms with E-state index >= 15 is 0 Å². The molecule has 0 saturated carbocycles. The van der Waals surface area contributed by atoms with E-state index in [4.69, 9.17) is 9.72 Å². The van der Waals surface area contributed by atoms with E-state index in [0.717, 1.165) is 30.8 Å². The average molecular weight is 443 g/mol. The van der Waals surface area contributed by atoms with Gasteiger partial charge >= 0.3 is 0 Å². The number of carbonyl (C=O) groups excluding carboxylic acids is 1. The normalized spacial score (nSPS) is 16.0. The summed E-state index contributed by atoms with van der Waals surface area (Å²) in [6.07, 6.45) is 5.31. The van der Waals surface area contributed by atoms with Crippen LogP contribution in [0.1, 0.15) is 42.5 Å². The lowest BCUT2D eigenvalue weighted by molar-refractivity contribution is -0.137. The molecule has 0 bridgehead atoms. The smallest absolute Gasteiger partial charge is 0.261 e. The molecule has 2 N–H and O–H groups in total. The Morgan fingerprint density at radius 2 is 1.85 bits per heavy atom. The Balaban J connectivity index is 1.27. The molecule has 5 rings (SSSR count). The first-order valence-corrected chi connectivity index (χ1v) is 11.2. The minimum absolute atomic E-state index is 0.00486. The third-order valence-corrected chi connectivity index (χ3v) is 5.83. The van der Waals surface area contributed by atoms with Crippen molar-refractivity contribution in [1.29, 1.82) is 0 Å². The van der Waals surface area contributed by atoms with Crippen molar-refractivity contribution in [2.75, 3.05) is 13.2 Å². The fraction of sp³-hybridized carbons (Fsp3) is 0.280. The van der Waals surface area contributed by atoms with Gasteiger partial charge in [-0.15, -0.1) is 0 Å². The van der Waals surface area contributed by atoms with Gasteiger partial charge in [-0.3, -0.25) is 9.89 Å². The zero-order chi connectivity index (χ0) is 22.5. The highest BCUT2D eigenvalue weighted by atomic mass is 16.5. The molecule has 33 heavy (non-hydrogen) atoms. The van der Waals surface area contributed by atoms with E-state index in [1.165, 1.54) is 5.56 Å². The lowest BCUT2D eigenvalue weighted by Gasteiger charge is -2.34. The molecule has 0 spiro atoms. The number of hydrogen-bond acceptors (Lipinski definition) is 5. The van der Waals surface area contributed by atoms with Gasteiger partial charge in [-0.2, -0.15) is 5.10 Å². The number of aromatic nitrogens is 5. The van der Waals surface area contributed by atoms with Crippen LogP contribution in [-0.2, 0) is 11.2 Å². The van der Waals surface area contributed by atoms with Crippen LogP contribution in [0.15, 0.2) is 66.9 Å². The van der Waals surface area contributed by atoms with Crippen LogP contribution in [0.2, 0.25) is 0 Å². The second-order valence-electron chi connectivity index (χ2n) is 8.15. The third kappa shape index (κ3) is 4.95. The standard InChI is InChI=1S/C25H26N6O2/c32-23(17-33-19-11-5-2-6-12-19)31-14-8-7-13-21(31)25-28-24(29-30-25)20-16-26-22(27-20)15-18-9-3-1-4-10-18/h1-6,9-12,16,21H,7-8,13-15,17H2,(H,26,27)(H,28,29,30)/t21-/m1/s1. The Hall–Kier alpha value is -3.94. The van der Waals surface area contributed by atoms with Crippen LogP contribution >= 0.6 is 0 Å². The molecule has 1 aliphatic rings. The van der Waals surface area contributed by atoms with Gasteiger partial charge in [-0.05, 0) is 37.0 Å². The highest BCUT2D eigenvalue weighted by Crippen LogP contribution is 2.30. The van der Waals surface area contributed by atoms with E-state index in [0.29, 0.717) is 30.4 Å². The second-order valence-corrected chi connectivity index (χ2v) is 8.15. The summed E-state index contributed by atoms with van der Waals surface area (Å²) in [7, 11) is 0. The molecule has 4 aromatic rings. The molecule has 1 amide bonds. The fourth-order valence-corrected chi connectivity index (χ4v) is 4.16. The zero-order valence-corrected chi connectivity index (χ0v) is 18.3. The molecule has 2 aromatic heterocycles. The molecule has 0 aliphatic carbocycles. The molecule has 3 heterocycles. The van der Waals surface area contributed by atoms with Gasteiger partial charge in [0, 0.05) is 13.0 Å². The number of benzene rings is 2. The van der Waals surface area contributed by atoms with Crippen LogP contribution in [0.5, 0.6) is 5.75 Å². The summed E-state index contributed by atoms with van der Waals surface area (Å²) in [5.74, 6) is 2.74. The van der Waals surface area contributed by atoms with E-state index in [1.807, 2.05) is 53.4 Å². The van der Waals surface area contributed by atoms with Gasteiger partial charge < -0.3 is 14.6 Å². The third-order valence-electron chi connectivity index (χ3n) is 5.83. The van der Waals surface area contributed by atoms with Gasteiger partial charge in [-0.25, -0.2) is 9.97 Å². The van der Waals surface area contributed by atoms with Crippen LogP contribution in [0, 0.1) is 0 Å². The van der Waals surface area contributed by atoms with Crippen LogP contribution in [0.3, 0.4) is 0 Å². The molecule has 1 atom stereocenters. The quantitative estimate of drug-likeness (QED) is 0.452. The maximum atomic E-state index is 12.9. The Kier molecular flexibility index (Phi) is 6.14. The molecule has 8 nitrogen and oxygen atoms in total. The number of hydrogen-bond donors (Lipinski definition) is 2. The number of aromatic amines is 2. The first-order valence-electron chi connectivity index (χ1n) is 11.2. The summed E-state index contributed by atoms with van der Waals surface area (Å²) in [4.78, 5) is 27.3. The van der Waals surface area contributed by atoms with Crippen molar-refractivity contribution in [2.24, 2.45) is 0 Å². The van der Waals surface area contributed by atoms with Crippen molar-refractivity contribution < 1.29 is 9.53 Å². The van der Waals surface area contributed by atoms with Gasteiger partial charge in [0.2, 0.25) is 0 Å². The van der Waals surface area contributed by atoms with Crippen LogP contribution in [-0.4, -0.2) is 49.1 Å². The summed E-state index contributed by atoms with van der Waals surface area (Å²) in [6, 6.07) is 19.4. The Morgan fingerprint density at radius 1 is 1.06 bits per heavy atom. The molecule has 0 unspecified atom stereocenters. The van der Waals surface area contributed by atoms with Gasteiger partial charge in [0.1, 0.15) is 23.1 Å². The molecular weight excluding hydrogens is 416 g/mol. The van der Waals surface area contributed by atoms with Gasteiger partial charge in [-0.1, -0.05) is 48.5 Å². The predicted octanol–water partition coefficient (Wildman–Crippen LogP) is 3.92. The summed E-state index contributed by atoms with van der Waals surface area (Å²) >= 11 is 0. The molecule has 1 aliphatic heterocycles. The molecule has 1 saturated heterocycles. The van der Waals surface area contributed by atoms with Crippen molar-refractivity contribution in [3.8, 4) is 17.3 Å². The SMILES string of the molecule is O=C(COc1ccccc1)N1CCCC[C@@H]1c1nc(-c2cnc(Cc3ccccc3)[nH]2)n[nH]1. The van der Waals surface area contributed by atoms with Crippen molar-refractivity contribution in [1.82, 2.24) is 30.0 Å². The number of para-hydroxylation sites is 1. The van der Waals surface area contributed by atoms with Crippen LogP contribution in [0.4, 0.5) is 0 Å². The molecule has 168 valence electrons. The molecule has 0 radical (unpaired) electrons. The largest absolute Gasteiger partial charge is 0.484 e. The summed E-state index contributed by atoms with van der Waals surface area (Å²) < 4.78 is 5.68. The summed E-state index contributed by atoms with van der Waals surface area (Å²) in [5.41, 5.74) is 1.94. The lowest BCUT2D eigenvalue weighted by atomic mass is 10.0. The zero-order valence-electron chi connectivity index (χ0n) is 18.3. The van der Waals surface area contributed by atoms with Gasteiger partial charge in [0.25, 0.3) is 5.91 Å². The Morgan fingerprint density at radius 3 is 2.67 bits per heavy atom. The van der Waals surface area contributed by atoms with E-state index in [-0.39, 0.29) is 18.6 Å². The highest BCUT2D eigenvalue weighted by molar-refractivity contribution is 5.78. The molecule has 1 fully saturated rings. The number of piperidine rings is 1. The topological polar surface area (TPSA) is 99.8 Å². The number of ether oxygens (including phenoxy) is 1. The Bertz CT molecular complexity index is 1190. The maximum Gasteiger partial charge on any atom is 0.261 e. The van der Waals surface area contributed by atoms with Crippen LogP contribution in [0.25, 0.3) is 11.5 Å². The number of H-pyrrole nitrogens is 2. The van der Waals surface area contributed by atoms with E-state index in [2.05, 4.69) is 32.3 Å². The lowest BCUT2D eigenvalue weighted by Crippen LogP contribution is -2.41. The minimum Gasteiger partial charge on any atom is -0.484 e. The number of nitrogens with zero attached hydrogens (tertiary/aromatic N) is 4. The van der Waals surface area contributed by atoms with Crippen LogP contribution < -0.4 is 4.74 Å². The number of likely N-dealkylation sites (tertiary alicyclic amines) is 1. The fourth-order valence-electron chi connectivity index (χ4n) is 4.16. The molecule has 2 aromatic carbocycles. The van der Waals surface area contributed by atoms with Gasteiger partial charge in [0.05, 0.1) is 12.2 Å².